The van der Waals surface area contributed by atoms with E-state index in [-0.39, 0.29) is 47.2 Å². The Hall–Kier alpha value is -1.89. The number of nitrogens with zero attached hydrogens (tertiary/aromatic N) is 2. The van der Waals surface area contributed by atoms with E-state index in [1.165, 1.54) is 6.42 Å². The average molecular weight is 504 g/mol. The average Bonchev–Trinajstić information content (AvgIpc) is 3.63. The van der Waals surface area contributed by atoms with Crippen LogP contribution in [-0.2, 0) is 19.1 Å². The number of amides is 2. The van der Waals surface area contributed by atoms with Crippen LogP contribution in [0, 0.1) is 11.8 Å². The quantitative estimate of drug-likeness (QED) is 0.352. The van der Waals surface area contributed by atoms with E-state index >= 15 is 0 Å². The summed E-state index contributed by atoms with van der Waals surface area (Å²) in [5.74, 6) is -0.141. The smallest absolute Gasteiger partial charge is 0.333 e. The Morgan fingerprint density at radius 1 is 1.08 bits per heavy atom. The van der Waals surface area contributed by atoms with Gasteiger partial charge in [-0.15, -0.1) is 0 Å². The molecule has 0 spiro atoms. The van der Waals surface area contributed by atoms with Crippen LogP contribution in [0.5, 0.6) is 0 Å². The Kier molecular flexibility index (Phi) is 10.0. The molecule has 1 heterocycles. The number of carbonyl (C=O) groups excluding carboxylic acids is 3. The Bertz CT molecular complexity index is 813. The minimum Gasteiger partial charge on any atom is -0.463 e. The van der Waals surface area contributed by atoms with Crippen molar-refractivity contribution in [2.24, 2.45) is 11.8 Å². The highest BCUT2D eigenvalue weighted by Gasteiger charge is 2.49. The van der Waals surface area contributed by atoms with Gasteiger partial charge in [-0.1, -0.05) is 45.6 Å². The van der Waals surface area contributed by atoms with Crippen molar-refractivity contribution in [1.29, 1.82) is 0 Å². The highest BCUT2D eigenvalue weighted by molar-refractivity contribution is 5.91. The second kappa shape index (κ2) is 12.6. The minimum absolute atomic E-state index is 0.0134. The largest absolute Gasteiger partial charge is 0.463 e. The lowest BCUT2D eigenvalue weighted by Crippen LogP contribution is -2.60. The van der Waals surface area contributed by atoms with Crippen molar-refractivity contribution in [2.45, 2.75) is 122 Å². The maximum absolute atomic E-state index is 14.0. The summed E-state index contributed by atoms with van der Waals surface area (Å²) in [6.45, 7) is 11.2. The molecule has 204 valence electrons. The van der Waals surface area contributed by atoms with E-state index < -0.39 is 6.04 Å². The number of likely N-dealkylation sites (N-methyl/N-ethyl adjacent to an activating group) is 1. The molecule has 2 aliphatic carbocycles. The van der Waals surface area contributed by atoms with Crippen molar-refractivity contribution in [2.75, 3.05) is 20.2 Å². The summed E-state index contributed by atoms with van der Waals surface area (Å²) in [7, 11) is 1.81. The van der Waals surface area contributed by atoms with Crippen LogP contribution in [0.25, 0.3) is 0 Å². The lowest BCUT2D eigenvalue weighted by molar-refractivity contribution is -0.141. The number of hydrogen-bond donors (Lipinski definition) is 1. The zero-order chi connectivity index (χ0) is 26.5. The van der Waals surface area contributed by atoms with Gasteiger partial charge in [0.05, 0.1) is 18.7 Å². The van der Waals surface area contributed by atoms with Gasteiger partial charge >= 0.3 is 5.97 Å². The SMILES string of the molecule is CCOC(=O)/C(C)=C/[C@H](C(C)C)N(C)C(=O)C(NC(=O)C1CCCCN1C1(C)CC1)C1CCCCC1. The van der Waals surface area contributed by atoms with Gasteiger partial charge < -0.3 is 15.0 Å². The first-order valence-corrected chi connectivity index (χ1v) is 14.3. The number of ether oxygens (including phenoxy) is 1. The van der Waals surface area contributed by atoms with Crippen molar-refractivity contribution < 1.29 is 19.1 Å². The Balaban J connectivity index is 1.81. The second-order valence-electron chi connectivity index (χ2n) is 11.8. The summed E-state index contributed by atoms with van der Waals surface area (Å²) < 4.78 is 5.16. The number of carbonyl (C=O) groups is 3. The molecule has 0 bridgehead atoms. The van der Waals surface area contributed by atoms with Crippen molar-refractivity contribution in [3.05, 3.63) is 11.6 Å². The molecule has 3 aliphatic rings. The van der Waals surface area contributed by atoms with E-state index in [1.54, 1.807) is 18.7 Å². The van der Waals surface area contributed by atoms with Crippen LogP contribution in [0.4, 0.5) is 0 Å². The molecule has 1 saturated heterocycles. The molecule has 2 saturated carbocycles. The molecule has 2 amide bonds. The number of likely N-dealkylation sites (tertiary alicyclic amines) is 1. The molecule has 1 N–H and O–H groups in total. The second-order valence-corrected chi connectivity index (χ2v) is 11.8. The van der Waals surface area contributed by atoms with E-state index in [1.807, 2.05) is 27.0 Å². The molecule has 3 atom stereocenters. The first-order valence-electron chi connectivity index (χ1n) is 14.3. The zero-order valence-electron chi connectivity index (χ0n) is 23.5. The summed E-state index contributed by atoms with van der Waals surface area (Å²) in [5.41, 5.74) is 0.644. The number of nitrogens with one attached hydrogen (secondary N) is 1. The normalized spacial score (nSPS) is 24.6. The summed E-state index contributed by atoms with van der Waals surface area (Å²) in [4.78, 5) is 44.1. The highest BCUT2D eigenvalue weighted by atomic mass is 16.5. The molecule has 0 aromatic carbocycles. The maximum atomic E-state index is 14.0. The molecule has 7 nitrogen and oxygen atoms in total. The maximum Gasteiger partial charge on any atom is 0.333 e. The fourth-order valence-electron chi connectivity index (χ4n) is 6.10. The van der Waals surface area contributed by atoms with E-state index in [0.29, 0.717) is 12.2 Å². The lowest BCUT2D eigenvalue weighted by atomic mass is 9.82. The molecule has 0 radical (unpaired) electrons. The fourth-order valence-corrected chi connectivity index (χ4v) is 6.10. The van der Waals surface area contributed by atoms with Gasteiger partial charge in [0.1, 0.15) is 6.04 Å². The van der Waals surface area contributed by atoms with Crippen molar-refractivity contribution >= 4 is 17.8 Å². The Morgan fingerprint density at radius 2 is 1.72 bits per heavy atom. The van der Waals surface area contributed by atoms with Crippen molar-refractivity contribution in [3.8, 4) is 0 Å². The Morgan fingerprint density at radius 3 is 2.31 bits per heavy atom. The summed E-state index contributed by atoms with van der Waals surface area (Å²) in [6, 6.07) is -0.945. The molecule has 1 aliphatic heterocycles. The molecule has 7 heteroatoms. The third-order valence-electron chi connectivity index (χ3n) is 8.65. The summed E-state index contributed by atoms with van der Waals surface area (Å²) in [6.07, 6.45) is 12.5. The third kappa shape index (κ3) is 6.90. The highest BCUT2D eigenvalue weighted by Crippen LogP contribution is 2.44. The van der Waals surface area contributed by atoms with Gasteiger partial charge in [0.25, 0.3) is 0 Å². The molecule has 2 unspecified atom stereocenters. The molecule has 3 rings (SSSR count). The van der Waals surface area contributed by atoms with E-state index in [0.717, 1.165) is 64.3 Å². The van der Waals surface area contributed by atoms with Crippen LogP contribution >= 0.6 is 0 Å². The molecular weight excluding hydrogens is 454 g/mol. The van der Waals surface area contributed by atoms with Gasteiger partial charge in [0.2, 0.25) is 11.8 Å². The van der Waals surface area contributed by atoms with Gasteiger partial charge in [-0.3, -0.25) is 14.5 Å². The van der Waals surface area contributed by atoms with E-state index in [2.05, 4.69) is 17.1 Å². The molecular formula is C29H49N3O4. The standard InChI is InChI=1S/C29H49N3O4/c1-7-36-28(35)21(4)19-24(20(2)3)31(6)27(34)25(22-13-9-8-10-14-22)30-26(33)23-15-11-12-18-32(23)29(5)16-17-29/h19-20,22-25H,7-18H2,1-6H3,(H,30,33)/b21-19+/t23?,24-,25?/m1/s1. The van der Waals surface area contributed by atoms with Gasteiger partial charge in [-0.05, 0) is 77.7 Å². The van der Waals surface area contributed by atoms with Crippen molar-refractivity contribution in [3.63, 3.8) is 0 Å². The Labute approximate surface area is 218 Å². The summed E-state index contributed by atoms with van der Waals surface area (Å²) >= 11 is 0. The van der Waals surface area contributed by atoms with Crippen LogP contribution in [0.15, 0.2) is 11.6 Å². The molecule has 36 heavy (non-hydrogen) atoms. The van der Waals surface area contributed by atoms with Gasteiger partial charge in [0.15, 0.2) is 0 Å². The van der Waals surface area contributed by atoms with Crippen molar-refractivity contribution in [1.82, 2.24) is 15.1 Å². The topological polar surface area (TPSA) is 79.0 Å². The monoisotopic (exact) mass is 503 g/mol. The van der Waals surface area contributed by atoms with E-state index in [9.17, 15) is 14.4 Å². The third-order valence-corrected chi connectivity index (χ3v) is 8.65. The summed E-state index contributed by atoms with van der Waals surface area (Å²) in [5, 5.41) is 3.27. The molecule has 0 aromatic heterocycles. The van der Waals surface area contributed by atoms with Crippen LogP contribution in [0.1, 0.15) is 98.8 Å². The number of rotatable bonds is 10. The first-order chi connectivity index (χ1) is 17.1. The van der Waals surface area contributed by atoms with Gasteiger partial charge in [0, 0.05) is 18.2 Å². The fraction of sp³-hybridized carbons (Fsp3) is 0.828. The first kappa shape index (κ1) is 28.7. The zero-order valence-corrected chi connectivity index (χ0v) is 23.5. The predicted molar refractivity (Wildman–Crippen MR) is 142 cm³/mol. The van der Waals surface area contributed by atoms with Crippen LogP contribution in [-0.4, -0.2) is 71.4 Å². The molecule has 0 aromatic rings. The van der Waals surface area contributed by atoms with Crippen LogP contribution in [0.3, 0.4) is 0 Å². The van der Waals surface area contributed by atoms with Gasteiger partial charge in [-0.25, -0.2) is 4.79 Å². The van der Waals surface area contributed by atoms with E-state index in [4.69, 9.17) is 4.74 Å². The lowest BCUT2D eigenvalue weighted by Gasteiger charge is -2.41. The number of esters is 1. The molecule has 3 fully saturated rings. The predicted octanol–water partition coefficient (Wildman–Crippen LogP) is 4.45. The van der Waals surface area contributed by atoms with Crippen LogP contribution < -0.4 is 5.32 Å². The number of hydrogen-bond acceptors (Lipinski definition) is 5. The van der Waals surface area contributed by atoms with Gasteiger partial charge in [-0.2, -0.15) is 0 Å². The minimum atomic E-state index is -0.531. The van der Waals surface area contributed by atoms with Crippen LogP contribution in [0.2, 0.25) is 0 Å². The number of piperidine rings is 1.